The van der Waals surface area contributed by atoms with Gasteiger partial charge in [-0.25, -0.2) is 9.59 Å². The number of imide groups is 1. The topological polar surface area (TPSA) is 107 Å². The lowest BCUT2D eigenvalue weighted by Gasteiger charge is -2.15. The van der Waals surface area contributed by atoms with Gasteiger partial charge in [0.2, 0.25) is 5.76 Å². The molecule has 1 aromatic heterocycles. The number of amides is 3. The van der Waals surface area contributed by atoms with E-state index >= 15 is 0 Å². The van der Waals surface area contributed by atoms with Crippen molar-refractivity contribution in [3.8, 4) is 11.5 Å². The van der Waals surface area contributed by atoms with Gasteiger partial charge < -0.3 is 23.9 Å². The van der Waals surface area contributed by atoms with Crippen molar-refractivity contribution in [2.24, 2.45) is 0 Å². The second-order valence-electron chi connectivity index (χ2n) is 6.83. The van der Waals surface area contributed by atoms with Crippen molar-refractivity contribution in [3.05, 3.63) is 51.5 Å². The van der Waals surface area contributed by atoms with Crippen molar-refractivity contribution < 1.29 is 33.0 Å². The van der Waals surface area contributed by atoms with Crippen LogP contribution in [0, 0.1) is 0 Å². The molecule has 9 nitrogen and oxygen atoms in total. The zero-order valence-corrected chi connectivity index (χ0v) is 18.9. The van der Waals surface area contributed by atoms with Crippen LogP contribution in [0.4, 0.5) is 4.79 Å². The van der Waals surface area contributed by atoms with Gasteiger partial charge in [0.25, 0.3) is 5.91 Å². The molecule has 1 aliphatic heterocycles. The summed E-state index contributed by atoms with van der Waals surface area (Å²) in [5, 5.41) is 2.55. The van der Waals surface area contributed by atoms with E-state index in [0.717, 1.165) is 4.90 Å². The fraction of sp³-hybridized carbons (Fsp3) is 0.286. The van der Waals surface area contributed by atoms with E-state index in [1.165, 1.54) is 32.4 Å². The lowest BCUT2D eigenvalue weighted by Crippen LogP contribution is -2.30. The molecule has 0 spiro atoms. The average Bonchev–Trinajstić information content (AvgIpc) is 3.29. The number of furan rings is 1. The number of nitrogens with zero attached hydrogens (tertiary/aromatic N) is 1. The molecule has 2 aromatic rings. The predicted molar refractivity (Wildman–Crippen MR) is 114 cm³/mol. The molecule has 0 atom stereocenters. The molecule has 1 aliphatic rings. The van der Waals surface area contributed by atoms with Crippen molar-refractivity contribution in [1.82, 2.24) is 10.2 Å². The molecule has 0 bridgehead atoms. The van der Waals surface area contributed by atoms with Crippen molar-refractivity contribution >= 4 is 39.9 Å². The molecule has 31 heavy (non-hydrogen) atoms. The minimum absolute atomic E-state index is 0.0138. The first kappa shape index (κ1) is 22.4. The Labute approximate surface area is 187 Å². The van der Waals surface area contributed by atoms with Gasteiger partial charge in [0.05, 0.1) is 26.9 Å². The van der Waals surface area contributed by atoms with Gasteiger partial charge in [0.15, 0.2) is 11.5 Å². The van der Waals surface area contributed by atoms with Crippen LogP contribution >= 0.6 is 15.9 Å². The van der Waals surface area contributed by atoms with Crippen molar-refractivity contribution in [2.45, 2.75) is 26.5 Å². The SMILES string of the molecule is COC(=O)c1ccc(CN2C(=O)N/C(=C\c3cc(OC)c(OC(C)C)cc3Br)C2=O)o1. The Morgan fingerprint density at radius 1 is 1.23 bits per heavy atom. The molecule has 164 valence electrons. The molecule has 1 saturated heterocycles. The van der Waals surface area contributed by atoms with E-state index in [0.29, 0.717) is 21.5 Å². The number of halogens is 1. The van der Waals surface area contributed by atoms with Gasteiger partial charge in [-0.3, -0.25) is 9.69 Å². The maximum Gasteiger partial charge on any atom is 0.373 e. The summed E-state index contributed by atoms with van der Waals surface area (Å²) in [6.07, 6.45) is 1.49. The summed E-state index contributed by atoms with van der Waals surface area (Å²) in [4.78, 5) is 37.6. The summed E-state index contributed by atoms with van der Waals surface area (Å²) in [5.41, 5.74) is 0.703. The van der Waals surface area contributed by atoms with E-state index in [-0.39, 0.29) is 29.9 Å². The molecular weight excluding hydrogens is 472 g/mol. The third-order valence-electron chi connectivity index (χ3n) is 4.27. The molecule has 1 fully saturated rings. The third kappa shape index (κ3) is 4.91. The standard InChI is InChI=1S/C21H21BrN2O7/c1-11(2)30-18-9-14(22)12(8-17(18)28-3)7-15-19(25)24(21(27)23-15)10-13-5-6-16(31-13)20(26)29-4/h5-9,11H,10H2,1-4H3,(H,23,27)/b15-7-. The minimum Gasteiger partial charge on any atom is -0.493 e. The molecule has 3 rings (SSSR count). The fourth-order valence-corrected chi connectivity index (χ4v) is 3.30. The highest BCUT2D eigenvalue weighted by atomic mass is 79.9. The van der Waals surface area contributed by atoms with Gasteiger partial charge in [0.1, 0.15) is 11.5 Å². The van der Waals surface area contributed by atoms with E-state index in [2.05, 4.69) is 26.0 Å². The van der Waals surface area contributed by atoms with Crippen LogP contribution in [0.3, 0.4) is 0 Å². The second kappa shape index (κ2) is 9.25. The van der Waals surface area contributed by atoms with E-state index in [1.54, 1.807) is 12.1 Å². The molecule has 0 unspecified atom stereocenters. The highest BCUT2D eigenvalue weighted by Gasteiger charge is 2.34. The normalized spacial score (nSPS) is 14.9. The Morgan fingerprint density at radius 2 is 1.97 bits per heavy atom. The van der Waals surface area contributed by atoms with Crippen LogP contribution in [0.1, 0.15) is 35.7 Å². The average molecular weight is 493 g/mol. The smallest absolute Gasteiger partial charge is 0.373 e. The molecule has 10 heteroatoms. The monoisotopic (exact) mass is 492 g/mol. The van der Waals surface area contributed by atoms with Gasteiger partial charge in [-0.05, 0) is 49.8 Å². The largest absolute Gasteiger partial charge is 0.493 e. The lowest BCUT2D eigenvalue weighted by atomic mass is 10.1. The van der Waals surface area contributed by atoms with Crippen LogP contribution < -0.4 is 14.8 Å². The van der Waals surface area contributed by atoms with Crippen LogP contribution in [-0.4, -0.2) is 43.1 Å². The lowest BCUT2D eigenvalue weighted by molar-refractivity contribution is -0.123. The minimum atomic E-state index is -0.646. The summed E-state index contributed by atoms with van der Waals surface area (Å²) in [6, 6.07) is 5.76. The number of carbonyl (C=O) groups is 3. The third-order valence-corrected chi connectivity index (χ3v) is 4.96. The highest BCUT2D eigenvalue weighted by Crippen LogP contribution is 2.35. The number of benzene rings is 1. The Kier molecular flexibility index (Phi) is 6.69. The van der Waals surface area contributed by atoms with Crippen LogP contribution in [0.25, 0.3) is 6.08 Å². The van der Waals surface area contributed by atoms with E-state index in [1.807, 2.05) is 13.8 Å². The second-order valence-corrected chi connectivity index (χ2v) is 7.68. The molecule has 1 N–H and O–H groups in total. The first-order chi connectivity index (χ1) is 14.7. The number of rotatable bonds is 7. The van der Waals surface area contributed by atoms with Crippen molar-refractivity contribution in [2.75, 3.05) is 14.2 Å². The summed E-state index contributed by atoms with van der Waals surface area (Å²) >= 11 is 3.46. The summed E-state index contributed by atoms with van der Waals surface area (Å²) in [7, 11) is 2.75. The summed E-state index contributed by atoms with van der Waals surface area (Å²) < 4.78 is 21.7. The van der Waals surface area contributed by atoms with Gasteiger partial charge in [-0.15, -0.1) is 0 Å². The van der Waals surface area contributed by atoms with Crippen molar-refractivity contribution in [3.63, 3.8) is 0 Å². The summed E-state index contributed by atoms with van der Waals surface area (Å²) in [5.74, 6) is 0.114. The zero-order chi connectivity index (χ0) is 22.7. The maximum absolute atomic E-state index is 12.8. The first-order valence-electron chi connectivity index (χ1n) is 9.29. The van der Waals surface area contributed by atoms with E-state index in [9.17, 15) is 14.4 Å². The number of carbonyl (C=O) groups excluding carboxylic acids is 3. The van der Waals surface area contributed by atoms with Gasteiger partial charge in [-0.2, -0.15) is 0 Å². The molecule has 1 aromatic carbocycles. The molecule has 2 heterocycles. The van der Waals surface area contributed by atoms with Gasteiger partial charge in [-0.1, -0.05) is 15.9 Å². The number of hydrogen-bond acceptors (Lipinski definition) is 7. The summed E-state index contributed by atoms with van der Waals surface area (Å²) in [6.45, 7) is 3.67. The Balaban J connectivity index is 1.83. The molecule has 0 radical (unpaired) electrons. The number of ether oxygens (including phenoxy) is 3. The van der Waals surface area contributed by atoms with Crippen LogP contribution in [0.15, 0.2) is 38.9 Å². The number of urea groups is 1. The molecule has 3 amide bonds. The Hall–Kier alpha value is -3.27. The molecule has 0 aliphatic carbocycles. The number of esters is 1. The Morgan fingerprint density at radius 3 is 2.61 bits per heavy atom. The van der Waals surface area contributed by atoms with Gasteiger partial charge >= 0.3 is 12.0 Å². The number of methoxy groups -OCH3 is 2. The van der Waals surface area contributed by atoms with Gasteiger partial charge in [0, 0.05) is 4.47 Å². The first-order valence-corrected chi connectivity index (χ1v) is 10.1. The number of nitrogens with one attached hydrogen (secondary N) is 1. The van der Waals surface area contributed by atoms with E-state index < -0.39 is 17.9 Å². The quantitative estimate of drug-likeness (QED) is 0.356. The fourth-order valence-electron chi connectivity index (χ4n) is 2.87. The van der Waals surface area contributed by atoms with Crippen LogP contribution in [-0.2, 0) is 16.1 Å². The van der Waals surface area contributed by atoms with Crippen LogP contribution in [0.2, 0.25) is 0 Å². The number of hydrogen-bond donors (Lipinski definition) is 1. The van der Waals surface area contributed by atoms with E-state index in [4.69, 9.17) is 13.9 Å². The molecule has 0 saturated carbocycles. The maximum atomic E-state index is 12.8. The molecular formula is C21H21BrN2O7. The highest BCUT2D eigenvalue weighted by molar-refractivity contribution is 9.10. The van der Waals surface area contributed by atoms with Crippen LogP contribution in [0.5, 0.6) is 11.5 Å². The van der Waals surface area contributed by atoms with Crippen molar-refractivity contribution in [1.29, 1.82) is 0 Å². The zero-order valence-electron chi connectivity index (χ0n) is 17.4. The Bertz CT molecular complexity index is 1060. The predicted octanol–water partition coefficient (Wildman–Crippen LogP) is 3.72.